The molecule has 0 aliphatic heterocycles. The smallest absolute Gasteiger partial charge is 0.308 e. The first kappa shape index (κ1) is 16.2. The second-order valence-corrected chi connectivity index (χ2v) is 6.56. The van der Waals surface area contributed by atoms with Gasteiger partial charge in [0.15, 0.2) is 0 Å². The Morgan fingerprint density at radius 3 is 2.67 bits per heavy atom. The van der Waals surface area contributed by atoms with Crippen molar-refractivity contribution in [2.75, 3.05) is 12.8 Å². The van der Waals surface area contributed by atoms with Gasteiger partial charge in [-0.25, -0.2) is 0 Å². The van der Waals surface area contributed by atoms with Crippen molar-refractivity contribution in [1.82, 2.24) is 4.90 Å². The van der Waals surface area contributed by atoms with Gasteiger partial charge in [-0.2, -0.15) is 0 Å². The summed E-state index contributed by atoms with van der Waals surface area (Å²) in [4.78, 5) is 26.4. The Balaban J connectivity index is 2.24. The van der Waals surface area contributed by atoms with Crippen LogP contribution in [0.1, 0.15) is 30.1 Å². The van der Waals surface area contributed by atoms with Crippen molar-refractivity contribution in [2.45, 2.75) is 30.7 Å². The molecule has 1 saturated carbocycles. The first-order valence-corrected chi connectivity index (χ1v) is 8.41. The average molecular weight is 328 g/mol. The summed E-state index contributed by atoms with van der Waals surface area (Å²) >= 11 is 7.68. The number of carbonyl (C=O) groups excluding carboxylic acids is 1. The highest BCUT2D eigenvalue weighted by atomic mass is 35.5. The van der Waals surface area contributed by atoms with Crippen LogP contribution >= 0.6 is 23.4 Å². The Morgan fingerprint density at radius 2 is 2.14 bits per heavy atom. The minimum atomic E-state index is -0.891. The zero-order valence-electron chi connectivity index (χ0n) is 12.0. The number of benzene rings is 1. The molecule has 1 amide bonds. The summed E-state index contributed by atoms with van der Waals surface area (Å²) in [6.45, 7) is 1.84. The number of thioether (sulfide) groups is 1. The monoisotopic (exact) mass is 327 g/mol. The average Bonchev–Trinajstić information content (AvgIpc) is 3.28. The molecule has 4 nitrogen and oxygen atoms in total. The maximum atomic E-state index is 12.7. The van der Waals surface area contributed by atoms with Crippen molar-refractivity contribution in [3.05, 3.63) is 28.8 Å². The predicted octanol–water partition coefficient (Wildman–Crippen LogP) is 3.39. The molecule has 1 N–H and O–H groups in total. The third-order valence-electron chi connectivity index (χ3n) is 3.54. The molecule has 0 saturated heterocycles. The Labute approximate surface area is 133 Å². The van der Waals surface area contributed by atoms with Crippen LogP contribution in [0.25, 0.3) is 0 Å². The number of carboxylic acids is 1. The summed E-state index contributed by atoms with van der Waals surface area (Å²) in [7, 11) is 0. The van der Waals surface area contributed by atoms with E-state index >= 15 is 0 Å². The number of amides is 1. The van der Waals surface area contributed by atoms with E-state index in [1.54, 1.807) is 35.7 Å². The Hall–Kier alpha value is -1.20. The van der Waals surface area contributed by atoms with Crippen LogP contribution in [-0.2, 0) is 4.79 Å². The second-order valence-electron chi connectivity index (χ2n) is 5.27. The molecule has 114 valence electrons. The van der Waals surface area contributed by atoms with E-state index in [4.69, 9.17) is 16.7 Å². The van der Waals surface area contributed by atoms with Crippen molar-refractivity contribution in [1.29, 1.82) is 0 Å². The maximum Gasteiger partial charge on any atom is 0.308 e. The first-order chi connectivity index (χ1) is 9.93. The van der Waals surface area contributed by atoms with Gasteiger partial charge in [-0.3, -0.25) is 9.59 Å². The molecule has 0 spiro atoms. The number of nitrogens with zero attached hydrogens (tertiary/aromatic N) is 1. The van der Waals surface area contributed by atoms with Crippen LogP contribution in [-0.4, -0.2) is 40.7 Å². The van der Waals surface area contributed by atoms with Gasteiger partial charge in [0, 0.05) is 17.5 Å². The van der Waals surface area contributed by atoms with Crippen LogP contribution in [0.4, 0.5) is 0 Å². The van der Waals surface area contributed by atoms with Crippen molar-refractivity contribution in [3.63, 3.8) is 0 Å². The molecular formula is C15H18ClNO3S. The summed E-state index contributed by atoms with van der Waals surface area (Å²) in [5.74, 6) is -1.65. The van der Waals surface area contributed by atoms with Gasteiger partial charge < -0.3 is 10.0 Å². The van der Waals surface area contributed by atoms with Crippen molar-refractivity contribution in [2.24, 2.45) is 5.92 Å². The quantitative estimate of drug-likeness (QED) is 0.814. The normalized spacial score (nSPS) is 15.6. The minimum absolute atomic E-state index is 0.147. The summed E-state index contributed by atoms with van der Waals surface area (Å²) in [6, 6.07) is 5.50. The SMILES string of the molecule is CSc1ccc(Cl)c(C(=O)N(CC(C)C(=O)O)C2CC2)c1. The zero-order chi connectivity index (χ0) is 15.6. The van der Waals surface area contributed by atoms with E-state index in [1.807, 2.05) is 12.3 Å². The first-order valence-electron chi connectivity index (χ1n) is 6.81. The Morgan fingerprint density at radius 1 is 1.48 bits per heavy atom. The molecule has 0 bridgehead atoms. The lowest BCUT2D eigenvalue weighted by atomic mass is 10.1. The van der Waals surface area contributed by atoms with Gasteiger partial charge >= 0.3 is 5.97 Å². The highest BCUT2D eigenvalue weighted by molar-refractivity contribution is 7.98. The second kappa shape index (κ2) is 6.71. The largest absolute Gasteiger partial charge is 0.481 e. The van der Waals surface area contributed by atoms with Crippen LogP contribution in [0.5, 0.6) is 0 Å². The molecular weight excluding hydrogens is 310 g/mol. The van der Waals surface area contributed by atoms with E-state index in [2.05, 4.69) is 0 Å². The lowest BCUT2D eigenvalue weighted by Gasteiger charge is -2.25. The molecule has 6 heteroatoms. The molecule has 1 aliphatic rings. The predicted molar refractivity (Wildman–Crippen MR) is 84.1 cm³/mol. The Kier molecular flexibility index (Phi) is 5.17. The molecule has 1 atom stereocenters. The number of carboxylic acid groups (broad SMARTS) is 1. The topological polar surface area (TPSA) is 57.6 Å². The molecule has 1 aromatic carbocycles. The third kappa shape index (κ3) is 3.92. The van der Waals surface area contributed by atoms with Gasteiger partial charge in [-0.15, -0.1) is 11.8 Å². The standard InChI is InChI=1S/C15H18ClNO3S/c1-9(15(19)20)8-17(10-3-4-10)14(18)12-7-11(21-2)5-6-13(12)16/h5-7,9-10H,3-4,8H2,1-2H3,(H,19,20). The number of halogens is 1. The van der Waals surface area contributed by atoms with E-state index in [-0.39, 0.29) is 18.5 Å². The molecule has 0 heterocycles. The fourth-order valence-corrected chi connectivity index (χ4v) is 2.75. The van der Waals surface area contributed by atoms with Gasteiger partial charge in [-0.1, -0.05) is 18.5 Å². The van der Waals surface area contributed by atoms with Crippen LogP contribution in [0.2, 0.25) is 5.02 Å². The van der Waals surface area contributed by atoms with Crippen molar-refractivity contribution < 1.29 is 14.7 Å². The van der Waals surface area contributed by atoms with Gasteiger partial charge in [-0.05, 0) is 37.3 Å². The molecule has 0 aromatic heterocycles. The van der Waals surface area contributed by atoms with Crippen LogP contribution in [0.15, 0.2) is 23.1 Å². The van der Waals surface area contributed by atoms with Gasteiger partial charge in [0.25, 0.3) is 5.91 Å². The zero-order valence-corrected chi connectivity index (χ0v) is 13.6. The maximum absolute atomic E-state index is 12.7. The van der Waals surface area contributed by atoms with Gasteiger partial charge in [0.2, 0.25) is 0 Å². The van der Waals surface area contributed by atoms with Crippen molar-refractivity contribution in [3.8, 4) is 0 Å². The third-order valence-corrected chi connectivity index (χ3v) is 4.60. The number of carbonyl (C=O) groups is 2. The molecule has 21 heavy (non-hydrogen) atoms. The number of aliphatic carboxylic acids is 1. The van der Waals surface area contributed by atoms with E-state index in [0.29, 0.717) is 10.6 Å². The molecule has 0 radical (unpaired) electrons. The fraction of sp³-hybridized carbons (Fsp3) is 0.467. The Bertz CT molecular complexity index is 560. The summed E-state index contributed by atoms with van der Waals surface area (Å²) < 4.78 is 0. The summed E-state index contributed by atoms with van der Waals surface area (Å²) in [5, 5.41) is 9.46. The van der Waals surface area contributed by atoms with Crippen molar-refractivity contribution >= 4 is 35.2 Å². The number of rotatable bonds is 6. The van der Waals surface area contributed by atoms with Crippen LogP contribution in [0.3, 0.4) is 0 Å². The van der Waals surface area contributed by atoms with Gasteiger partial charge in [0.05, 0.1) is 16.5 Å². The van der Waals surface area contributed by atoms with Gasteiger partial charge in [0.1, 0.15) is 0 Å². The lowest BCUT2D eigenvalue weighted by Crippen LogP contribution is -2.38. The number of hydrogen-bond acceptors (Lipinski definition) is 3. The minimum Gasteiger partial charge on any atom is -0.481 e. The van der Waals surface area contributed by atoms with E-state index < -0.39 is 11.9 Å². The van der Waals surface area contributed by atoms with E-state index in [1.165, 1.54) is 0 Å². The fourth-order valence-electron chi connectivity index (χ4n) is 2.11. The molecule has 1 aromatic rings. The molecule has 1 fully saturated rings. The lowest BCUT2D eigenvalue weighted by molar-refractivity contribution is -0.141. The highest BCUT2D eigenvalue weighted by Gasteiger charge is 2.35. The van der Waals surface area contributed by atoms with E-state index in [9.17, 15) is 9.59 Å². The molecule has 1 aliphatic carbocycles. The van der Waals surface area contributed by atoms with Crippen LogP contribution < -0.4 is 0 Å². The van der Waals surface area contributed by atoms with E-state index in [0.717, 1.165) is 17.7 Å². The van der Waals surface area contributed by atoms with Crippen LogP contribution in [0, 0.1) is 5.92 Å². The summed E-state index contributed by atoms with van der Waals surface area (Å²) in [6.07, 6.45) is 3.79. The molecule has 2 rings (SSSR count). The highest BCUT2D eigenvalue weighted by Crippen LogP contribution is 2.31. The summed E-state index contributed by atoms with van der Waals surface area (Å²) in [5.41, 5.74) is 0.452. The molecule has 1 unspecified atom stereocenters. The number of hydrogen-bond donors (Lipinski definition) is 1.